The van der Waals surface area contributed by atoms with Gasteiger partial charge in [-0.1, -0.05) is 234 Å². The Kier molecular flexibility index (Phi) is 29.6. The van der Waals surface area contributed by atoms with Crippen molar-refractivity contribution in [2.24, 2.45) is 0 Å². The Hall–Kier alpha value is -6.26. The van der Waals surface area contributed by atoms with Crippen LogP contribution in [0.3, 0.4) is 0 Å². The molecule has 2 amide bonds. The second kappa shape index (κ2) is 38.0. The number of unbranched alkanes of at least 4 members (excludes halogenated alkanes) is 8. The van der Waals surface area contributed by atoms with Crippen LogP contribution in [0.2, 0.25) is 0 Å². The van der Waals surface area contributed by atoms with Crippen LogP contribution in [0.4, 0.5) is 4.79 Å². The highest BCUT2D eigenvalue weighted by Crippen LogP contribution is 2.31. The van der Waals surface area contributed by atoms with Crippen LogP contribution in [0.5, 0.6) is 0 Å². The highest BCUT2D eigenvalue weighted by atomic mass is 16.7. The van der Waals surface area contributed by atoms with Crippen molar-refractivity contribution in [3.8, 4) is 0 Å². The van der Waals surface area contributed by atoms with E-state index in [0.717, 1.165) is 91.2 Å². The number of carbonyl (C=O) groups excluding carboxylic acids is 2. The Morgan fingerprint density at radius 2 is 0.953 bits per heavy atom. The lowest BCUT2D eigenvalue weighted by Gasteiger charge is -2.36. The minimum absolute atomic E-state index is 0.00595. The number of benzene rings is 6. The smallest absolute Gasteiger partial charge is 0.407 e. The van der Waals surface area contributed by atoms with Crippen LogP contribution < -0.4 is 10.6 Å². The molecule has 0 spiro atoms. The van der Waals surface area contributed by atoms with Crippen molar-refractivity contribution in [2.75, 3.05) is 19.8 Å². The number of nitrogens with one attached hydrogen (secondary N) is 2. The fourth-order valence-corrected chi connectivity index (χ4v) is 10.4. The van der Waals surface area contributed by atoms with Crippen molar-refractivity contribution in [3.05, 3.63) is 215 Å². The van der Waals surface area contributed by atoms with Crippen LogP contribution in [-0.2, 0) is 87.1 Å². The van der Waals surface area contributed by atoms with E-state index in [1.165, 1.54) is 0 Å². The second-order valence-electron chi connectivity index (χ2n) is 23.1. The van der Waals surface area contributed by atoms with Crippen molar-refractivity contribution in [2.45, 2.75) is 199 Å². The van der Waals surface area contributed by atoms with E-state index in [9.17, 15) is 9.59 Å². The maximum absolute atomic E-state index is 14.5. The van der Waals surface area contributed by atoms with Crippen LogP contribution in [0.15, 0.2) is 182 Å². The first-order chi connectivity index (χ1) is 41.6. The molecule has 1 aliphatic heterocycles. The third-order valence-electron chi connectivity index (χ3n) is 14.9. The van der Waals surface area contributed by atoms with Gasteiger partial charge in [-0.25, -0.2) is 4.79 Å². The molecule has 3 unspecified atom stereocenters. The molecule has 13 nitrogen and oxygen atoms in total. The van der Waals surface area contributed by atoms with Crippen molar-refractivity contribution in [3.63, 3.8) is 0 Å². The van der Waals surface area contributed by atoms with Crippen molar-refractivity contribution < 1.29 is 52.2 Å². The third kappa shape index (κ3) is 25.7. The molecule has 0 aliphatic carbocycles. The molecule has 7 rings (SSSR count). The van der Waals surface area contributed by atoms with Crippen LogP contribution in [0.25, 0.3) is 0 Å². The minimum Gasteiger partial charge on any atom is -0.444 e. The number of ether oxygens (including phenoxy) is 9. The highest BCUT2D eigenvalue weighted by molar-refractivity contribution is 5.76. The van der Waals surface area contributed by atoms with Gasteiger partial charge in [0.2, 0.25) is 5.91 Å². The summed E-state index contributed by atoms with van der Waals surface area (Å²) in [6.07, 6.45) is 5.55. The van der Waals surface area contributed by atoms with Crippen LogP contribution >= 0.6 is 0 Å². The maximum Gasteiger partial charge on any atom is 0.407 e. The molecule has 6 aromatic rings. The molecule has 1 aliphatic rings. The van der Waals surface area contributed by atoms with Gasteiger partial charge in [0.05, 0.1) is 71.1 Å². The number of hydrogen-bond acceptors (Lipinski definition) is 11. The van der Waals surface area contributed by atoms with Gasteiger partial charge >= 0.3 is 6.09 Å². The molecule has 2 N–H and O–H groups in total. The van der Waals surface area contributed by atoms with E-state index < -0.39 is 54.6 Å². The third-order valence-corrected chi connectivity index (χ3v) is 14.9. The van der Waals surface area contributed by atoms with E-state index in [2.05, 4.69) is 54.0 Å². The molecule has 0 bridgehead atoms. The fourth-order valence-electron chi connectivity index (χ4n) is 10.4. The molecule has 8 atom stereocenters. The maximum atomic E-state index is 14.5. The molecule has 85 heavy (non-hydrogen) atoms. The summed E-state index contributed by atoms with van der Waals surface area (Å²) in [5, 5.41) is 6.29. The van der Waals surface area contributed by atoms with E-state index in [-0.39, 0.29) is 38.4 Å². The van der Waals surface area contributed by atoms with Gasteiger partial charge in [-0.15, -0.1) is 0 Å². The molecule has 458 valence electrons. The van der Waals surface area contributed by atoms with Gasteiger partial charge in [-0.2, -0.15) is 0 Å². The largest absolute Gasteiger partial charge is 0.444 e. The number of hydrogen-bond donors (Lipinski definition) is 2. The lowest BCUT2D eigenvalue weighted by Crippen LogP contribution is -2.54. The molecule has 0 radical (unpaired) electrons. The second-order valence-corrected chi connectivity index (χ2v) is 23.1. The first-order valence-electron chi connectivity index (χ1n) is 31.0. The molecular weight excluding hydrogens is 1070 g/mol. The van der Waals surface area contributed by atoms with E-state index in [1.807, 2.05) is 166 Å². The predicted octanol–water partition coefficient (Wildman–Crippen LogP) is 14.6. The summed E-state index contributed by atoms with van der Waals surface area (Å²) >= 11 is 0. The van der Waals surface area contributed by atoms with E-state index >= 15 is 0 Å². The molecule has 13 heteroatoms. The lowest BCUT2D eigenvalue weighted by atomic mass is 10.0. The fraction of sp³-hybridized carbons (Fsp3) is 0.472. The quantitative estimate of drug-likeness (QED) is 0.0358. The summed E-state index contributed by atoms with van der Waals surface area (Å²) in [6, 6.07) is 60.0. The van der Waals surface area contributed by atoms with E-state index in [0.29, 0.717) is 52.2 Å². The molecule has 1 saturated heterocycles. The Balaban J connectivity index is 1.12. The Labute approximate surface area is 506 Å². The average molecular weight is 1160 g/mol. The first-order valence-corrected chi connectivity index (χ1v) is 31.0. The van der Waals surface area contributed by atoms with Gasteiger partial charge in [0.25, 0.3) is 0 Å². The Morgan fingerprint density at radius 3 is 1.45 bits per heavy atom. The number of amides is 2. The molecule has 0 aromatic heterocycles. The van der Waals surface area contributed by atoms with Gasteiger partial charge in [0, 0.05) is 19.4 Å². The van der Waals surface area contributed by atoms with Gasteiger partial charge < -0.3 is 53.3 Å². The molecule has 0 saturated carbocycles. The molecule has 6 aromatic carbocycles. The molecule has 1 fully saturated rings. The number of carbonyl (C=O) groups is 2. The zero-order chi connectivity index (χ0) is 59.6. The molecule has 1 heterocycles. The van der Waals surface area contributed by atoms with Crippen LogP contribution in [-0.4, -0.2) is 86.3 Å². The topological polar surface area (TPSA) is 141 Å². The highest BCUT2D eigenvalue weighted by Gasteiger charge is 2.44. The van der Waals surface area contributed by atoms with E-state index in [1.54, 1.807) is 0 Å². The monoisotopic (exact) mass is 1160 g/mol. The van der Waals surface area contributed by atoms with Gasteiger partial charge in [-0.3, -0.25) is 4.79 Å². The lowest BCUT2D eigenvalue weighted by molar-refractivity contribution is -0.248. The summed E-state index contributed by atoms with van der Waals surface area (Å²) < 4.78 is 61.1. The summed E-state index contributed by atoms with van der Waals surface area (Å²) in [5.41, 5.74) is 5.58. The van der Waals surface area contributed by atoms with Crippen molar-refractivity contribution in [1.29, 1.82) is 0 Å². The van der Waals surface area contributed by atoms with Gasteiger partial charge in [0.1, 0.15) is 30.0 Å². The Bertz CT molecular complexity index is 2680. The molecular formula is C72H94N2O11. The van der Waals surface area contributed by atoms with E-state index in [4.69, 9.17) is 42.6 Å². The summed E-state index contributed by atoms with van der Waals surface area (Å²) in [7, 11) is 0. The number of rotatable bonds is 38. The zero-order valence-corrected chi connectivity index (χ0v) is 50.8. The number of alkyl carbamates (subject to hydrolysis) is 1. The first kappa shape index (κ1) is 66.3. The SMILES string of the molecule is CC[C@@H](OCc1ccccc1)[C@@H](OCc1ccccc1)[C@H](CO[C@H]1OC(COCc2ccccc2)[C@H](OCc2ccccc2)C(OCc2ccccc2)CC1OCc1ccccc1)NC(=O)CCCCCCCCCCCNC(=O)OC(C)(C)C. The standard InChI is InChI=1S/C72H94N2O11/c1-5-63(78-49-57-35-21-14-22-36-57)68(81-52-60-41-27-17-28-42-60)62(74-67(75)45-31-11-9-7-6-8-10-12-32-46-73-71(76)85-72(2,3)4)54-83-70-65(80-51-59-39-25-16-26-40-59)47-64(79-50-58-37-23-15-24-38-58)69(82-53-61-43-29-18-30-44-61)66(84-70)55-77-48-56-33-19-13-20-34-56/h13-30,33-44,62-66,68-70H,5-12,31-32,45-55H2,1-4H3,(H,73,76)(H,74,75)/t62-,63+,64?,65?,66?,68-,69+,70-/m0/s1. The van der Waals surface area contributed by atoms with Crippen LogP contribution in [0.1, 0.15) is 138 Å². The predicted molar refractivity (Wildman–Crippen MR) is 333 cm³/mol. The minimum atomic E-state index is -0.976. The van der Waals surface area contributed by atoms with Crippen LogP contribution in [0, 0.1) is 0 Å². The van der Waals surface area contributed by atoms with Crippen molar-refractivity contribution >= 4 is 12.0 Å². The normalized spacial score (nSPS) is 18.2. The zero-order valence-electron chi connectivity index (χ0n) is 50.8. The Morgan fingerprint density at radius 1 is 0.518 bits per heavy atom. The van der Waals surface area contributed by atoms with Gasteiger partial charge in [-0.05, 0) is 73.4 Å². The summed E-state index contributed by atoms with van der Waals surface area (Å²) in [6.45, 7) is 10.4. The summed E-state index contributed by atoms with van der Waals surface area (Å²) in [4.78, 5) is 26.5. The summed E-state index contributed by atoms with van der Waals surface area (Å²) in [5.74, 6) is -0.0885. The van der Waals surface area contributed by atoms with Crippen molar-refractivity contribution in [1.82, 2.24) is 10.6 Å². The average Bonchev–Trinajstić information content (AvgIpc) is 3.68. The van der Waals surface area contributed by atoms with Gasteiger partial charge in [0.15, 0.2) is 6.29 Å².